The molecule has 0 aliphatic carbocycles. The Labute approximate surface area is 245 Å². The van der Waals surface area contributed by atoms with Gasteiger partial charge in [-0.1, -0.05) is 63.7 Å². The maximum Gasteiger partial charge on any atom is 0.156 e. The van der Waals surface area contributed by atoms with E-state index in [4.69, 9.17) is 0 Å². The smallest absolute Gasteiger partial charge is 0.156 e. The molecule has 0 aliphatic heterocycles. The number of rotatable bonds is 2. The fraction of sp³-hybridized carbons (Fsp3) is 0. The third-order valence-corrected chi connectivity index (χ3v) is 7.73. The number of hydrogen-bond acceptors (Lipinski definition) is 2. The summed E-state index contributed by atoms with van der Waals surface area (Å²) in [5, 5.41) is 21.5. The Morgan fingerprint density at radius 1 is 0.568 bits per heavy atom. The van der Waals surface area contributed by atoms with E-state index < -0.39 is 0 Å². The molecule has 0 amide bonds. The van der Waals surface area contributed by atoms with E-state index in [0.29, 0.717) is 16.5 Å². The highest BCUT2D eigenvalue weighted by Gasteiger charge is 2.16. The molecule has 0 bridgehead atoms. The minimum atomic E-state index is -0.367. The molecule has 2 aromatic heterocycles. The highest BCUT2D eigenvalue weighted by atomic mass is 79.9. The normalized spacial score (nSPS) is 11.1. The first kappa shape index (κ1) is 26.0. The molecular weight excluding hydrogens is 735 g/mol. The highest BCUT2D eigenvalue weighted by Crippen LogP contribution is 2.36. The molecule has 0 aliphatic rings. The van der Waals surface area contributed by atoms with Gasteiger partial charge in [-0.15, -0.1) is 0 Å². The maximum absolute atomic E-state index is 14.4. The summed E-state index contributed by atoms with van der Waals surface area (Å²) in [6, 6.07) is 23.9. The van der Waals surface area contributed by atoms with E-state index >= 15 is 0 Å². The minimum Gasteiger partial charge on any atom is -0.507 e. The number of fused-ring (bicyclic) bond motifs is 2. The van der Waals surface area contributed by atoms with Crippen molar-refractivity contribution in [2.45, 2.75) is 0 Å². The third kappa shape index (κ3) is 5.50. The van der Waals surface area contributed by atoms with Crippen LogP contribution in [0.5, 0.6) is 11.5 Å². The van der Waals surface area contributed by atoms with Crippen LogP contribution in [0.25, 0.3) is 44.3 Å². The molecule has 4 aromatic carbocycles. The number of benzene rings is 4. The molecule has 9 heteroatoms. The zero-order chi connectivity index (χ0) is 26.3. The number of hydrogen-bond donors (Lipinski definition) is 4. The first-order valence-electron chi connectivity index (χ1n) is 10.9. The molecule has 0 atom stereocenters. The van der Waals surface area contributed by atoms with Crippen LogP contribution in [-0.4, -0.2) is 20.2 Å². The van der Waals surface area contributed by atoms with Gasteiger partial charge in [0.05, 0.1) is 11.4 Å². The highest BCUT2D eigenvalue weighted by molar-refractivity contribution is 9.11. The topological polar surface area (TPSA) is 72.0 Å². The monoisotopic (exact) mass is 748 g/mol. The number of aromatic nitrogens is 2. The van der Waals surface area contributed by atoms with Gasteiger partial charge >= 0.3 is 0 Å². The van der Waals surface area contributed by atoms with Crippen LogP contribution in [0.3, 0.4) is 0 Å². The average Bonchev–Trinajstić information content (AvgIpc) is 3.40. The largest absolute Gasteiger partial charge is 0.507 e. The van der Waals surface area contributed by atoms with E-state index in [9.17, 15) is 14.6 Å². The standard InChI is InChI=1S/C14H8Br2FNO.C14H9Br2NO/c15-7-2-4-11-10(5-7)13(17)14(18-11)9-3-1-8(16)6-12(9)19;15-9-2-4-12-8(5-9)6-13(17-12)11-3-1-10(16)7-14(11)18/h1-6,18-19H;1-7,17-18H. The van der Waals surface area contributed by atoms with Crippen LogP contribution in [-0.2, 0) is 0 Å². The zero-order valence-electron chi connectivity index (χ0n) is 18.8. The fourth-order valence-corrected chi connectivity index (χ4v) is 5.45. The lowest BCUT2D eigenvalue weighted by Crippen LogP contribution is -1.82. The van der Waals surface area contributed by atoms with E-state index in [1.165, 1.54) is 6.07 Å². The molecular formula is C28H17Br4FN2O2. The molecule has 0 unspecified atom stereocenters. The van der Waals surface area contributed by atoms with Gasteiger partial charge in [-0.2, -0.15) is 0 Å². The van der Waals surface area contributed by atoms with E-state index in [1.807, 2.05) is 42.5 Å². The molecule has 0 fully saturated rings. The first-order chi connectivity index (χ1) is 17.7. The van der Waals surface area contributed by atoms with Crippen molar-refractivity contribution in [1.82, 2.24) is 9.97 Å². The maximum atomic E-state index is 14.4. The van der Waals surface area contributed by atoms with E-state index in [1.54, 1.807) is 30.3 Å². The van der Waals surface area contributed by atoms with Gasteiger partial charge in [-0.25, -0.2) is 4.39 Å². The Balaban J connectivity index is 0.000000152. The van der Waals surface area contributed by atoms with Crippen molar-refractivity contribution >= 4 is 85.5 Å². The summed E-state index contributed by atoms with van der Waals surface area (Å²) >= 11 is 13.4. The van der Waals surface area contributed by atoms with E-state index in [-0.39, 0.29) is 23.0 Å². The van der Waals surface area contributed by atoms with E-state index in [0.717, 1.165) is 40.1 Å². The lowest BCUT2D eigenvalue weighted by Gasteiger charge is -2.03. The predicted octanol–water partition coefficient (Wildman–Crippen LogP) is 10.3. The van der Waals surface area contributed by atoms with Gasteiger partial charge in [0.15, 0.2) is 5.82 Å². The second kappa shape index (κ2) is 10.6. The van der Waals surface area contributed by atoms with Crippen LogP contribution in [0.2, 0.25) is 0 Å². The summed E-state index contributed by atoms with van der Waals surface area (Å²) in [5.74, 6) is -0.0807. The molecule has 4 nitrogen and oxygen atoms in total. The van der Waals surface area contributed by atoms with Crippen LogP contribution >= 0.6 is 63.7 Å². The van der Waals surface area contributed by atoms with Crippen molar-refractivity contribution in [1.29, 1.82) is 0 Å². The number of phenols is 2. The average molecular weight is 752 g/mol. The Morgan fingerprint density at radius 2 is 1.11 bits per heavy atom. The van der Waals surface area contributed by atoms with Gasteiger partial charge in [0.25, 0.3) is 0 Å². The second-order valence-electron chi connectivity index (χ2n) is 8.24. The molecule has 2 heterocycles. The van der Waals surface area contributed by atoms with Crippen molar-refractivity contribution in [3.05, 3.63) is 103 Å². The number of aromatic amines is 2. The zero-order valence-corrected chi connectivity index (χ0v) is 25.1. The number of halogens is 5. The minimum absolute atomic E-state index is 0.0268. The Kier molecular flexibility index (Phi) is 7.49. The van der Waals surface area contributed by atoms with Gasteiger partial charge in [0.2, 0.25) is 0 Å². The lowest BCUT2D eigenvalue weighted by atomic mass is 10.1. The SMILES string of the molecule is Oc1cc(Br)ccc1-c1[nH]c2ccc(Br)cc2c1F.Oc1cc(Br)ccc1-c1cc2cc(Br)ccc2[nH]1. The number of H-pyrrole nitrogens is 2. The third-order valence-electron chi connectivity index (χ3n) is 5.76. The summed E-state index contributed by atoms with van der Waals surface area (Å²) in [5.41, 5.74) is 4.18. The quantitative estimate of drug-likeness (QED) is 0.142. The number of aromatic hydroxyl groups is 2. The Bertz CT molecular complexity index is 1780. The van der Waals surface area contributed by atoms with Crippen molar-refractivity contribution in [2.24, 2.45) is 0 Å². The first-order valence-corrected chi connectivity index (χ1v) is 14.1. The van der Waals surface area contributed by atoms with Crippen LogP contribution in [0.1, 0.15) is 0 Å². The molecule has 37 heavy (non-hydrogen) atoms. The van der Waals surface area contributed by atoms with Crippen LogP contribution in [0, 0.1) is 5.82 Å². The fourth-order valence-electron chi connectivity index (χ4n) is 4.01. The molecule has 0 saturated carbocycles. The molecule has 0 saturated heterocycles. The summed E-state index contributed by atoms with van der Waals surface area (Å²) in [4.78, 5) is 6.30. The van der Waals surface area contributed by atoms with Gasteiger partial charge in [-0.3, -0.25) is 0 Å². The number of nitrogens with one attached hydrogen (secondary N) is 2. The Morgan fingerprint density at radius 3 is 1.76 bits per heavy atom. The van der Waals surface area contributed by atoms with Gasteiger partial charge < -0.3 is 20.2 Å². The second-order valence-corrected chi connectivity index (χ2v) is 11.9. The molecule has 186 valence electrons. The summed E-state index contributed by atoms with van der Waals surface area (Å²) in [6.07, 6.45) is 0. The summed E-state index contributed by atoms with van der Waals surface area (Å²) in [6.45, 7) is 0. The Hall–Kier alpha value is -2.59. The molecule has 6 rings (SSSR count). The van der Waals surface area contributed by atoms with E-state index in [2.05, 4.69) is 73.7 Å². The summed E-state index contributed by atoms with van der Waals surface area (Å²) < 4.78 is 17.9. The van der Waals surface area contributed by atoms with Gasteiger partial charge in [0.1, 0.15) is 11.5 Å². The van der Waals surface area contributed by atoms with Crippen molar-refractivity contribution < 1.29 is 14.6 Å². The molecule has 6 aromatic rings. The van der Waals surface area contributed by atoms with Gasteiger partial charge in [-0.05, 0) is 78.9 Å². The molecule has 0 spiro atoms. The molecule has 4 N–H and O–H groups in total. The summed E-state index contributed by atoms with van der Waals surface area (Å²) in [7, 11) is 0. The number of phenolic OH excluding ortho intramolecular Hbond substituents is 2. The van der Waals surface area contributed by atoms with Crippen molar-refractivity contribution in [3.63, 3.8) is 0 Å². The van der Waals surface area contributed by atoms with Crippen LogP contribution < -0.4 is 0 Å². The lowest BCUT2D eigenvalue weighted by molar-refractivity contribution is 0.476. The van der Waals surface area contributed by atoms with Crippen molar-refractivity contribution in [2.75, 3.05) is 0 Å². The van der Waals surface area contributed by atoms with Gasteiger partial charge in [0, 0.05) is 50.8 Å². The molecule has 0 radical (unpaired) electrons. The van der Waals surface area contributed by atoms with Crippen LogP contribution in [0.15, 0.2) is 96.8 Å². The predicted molar refractivity (Wildman–Crippen MR) is 162 cm³/mol. The van der Waals surface area contributed by atoms with Crippen LogP contribution in [0.4, 0.5) is 4.39 Å². The van der Waals surface area contributed by atoms with Crippen molar-refractivity contribution in [3.8, 4) is 34.0 Å².